The van der Waals surface area contributed by atoms with Crippen LogP contribution in [-0.2, 0) is 6.42 Å². The molecule has 2 aromatic carbocycles. The fourth-order valence-electron chi connectivity index (χ4n) is 2.63. The van der Waals surface area contributed by atoms with Crippen LogP contribution in [0.15, 0.2) is 54.6 Å². The maximum Gasteiger partial charge on any atom is 0.0138 e. The highest BCUT2D eigenvalue weighted by molar-refractivity contribution is 5.87. The van der Waals surface area contributed by atoms with E-state index in [0.717, 1.165) is 0 Å². The van der Waals surface area contributed by atoms with Crippen LogP contribution in [0.3, 0.4) is 0 Å². The molecule has 0 aromatic heterocycles. The van der Waals surface area contributed by atoms with Crippen LogP contribution in [0.5, 0.6) is 0 Å². The van der Waals surface area contributed by atoms with Crippen molar-refractivity contribution in [2.45, 2.75) is 26.2 Å². The Labute approximate surface area is 115 Å². The van der Waals surface area contributed by atoms with Crippen molar-refractivity contribution in [3.8, 4) is 0 Å². The van der Waals surface area contributed by atoms with E-state index in [-0.39, 0.29) is 0 Å². The first-order chi connectivity index (χ1) is 9.38. The summed E-state index contributed by atoms with van der Waals surface area (Å²) in [4.78, 5) is 0. The SMILES string of the molecule is CCCCc1ccc(C2=C[CH]c3ccccc32)cc1. The van der Waals surface area contributed by atoms with E-state index in [4.69, 9.17) is 0 Å². The van der Waals surface area contributed by atoms with Gasteiger partial charge in [-0.05, 0) is 40.7 Å². The highest BCUT2D eigenvalue weighted by Gasteiger charge is 2.14. The Balaban J connectivity index is 1.84. The van der Waals surface area contributed by atoms with E-state index in [9.17, 15) is 0 Å². The van der Waals surface area contributed by atoms with Gasteiger partial charge in [-0.15, -0.1) is 0 Å². The second-order valence-corrected chi connectivity index (χ2v) is 5.13. The molecule has 0 spiro atoms. The minimum Gasteiger partial charge on any atom is -0.0676 e. The number of allylic oxidation sites excluding steroid dienone is 1. The number of fused-ring (bicyclic) bond motifs is 1. The Morgan fingerprint density at radius 2 is 1.68 bits per heavy atom. The van der Waals surface area contributed by atoms with Crippen molar-refractivity contribution in [2.75, 3.05) is 0 Å². The smallest absolute Gasteiger partial charge is 0.0138 e. The van der Waals surface area contributed by atoms with Crippen molar-refractivity contribution >= 4 is 5.57 Å². The third-order valence-electron chi connectivity index (χ3n) is 3.76. The number of hydrogen-bond acceptors (Lipinski definition) is 0. The van der Waals surface area contributed by atoms with Gasteiger partial charge in [-0.3, -0.25) is 0 Å². The Morgan fingerprint density at radius 1 is 0.895 bits per heavy atom. The Hall–Kier alpha value is -1.82. The van der Waals surface area contributed by atoms with Crippen LogP contribution < -0.4 is 0 Å². The van der Waals surface area contributed by atoms with Crippen LogP contribution in [0.25, 0.3) is 5.57 Å². The van der Waals surface area contributed by atoms with Gasteiger partial charge in [0.25, 0.3) is 0 Å². The Kier molecular flexibility index (Phi) is 3.50. The van der Waals surface area contributed by atoms with Crippen molar-refractivity contribution in [1.29, 1.82) is 0 Å². The van der Waals surface area contributed by atoms with Gasteiger partial charge in [0.2, 0.25) is 0 Å². The summed E-state index contributed by atoms with van der Waals surface area (Å²) in [5.74, 6) is 0. The zero-order chi connectivity index (χ0) is 13.1. The van der Waals surface area contributed by atoms with E-state index >= 15 is 0 Å². The molecule has 0 saturated heterocycles. The second kappa shape index (κ2) is 5.44. The normalized spacial score (nSPS) is 13.2. The molecule has 19 heavy (non-hydrogen) atoms. The third kappa shape index (κ3) is 2.49. The molecule has 0 amide bonds. The van der Waals surface area contributed by atoms with Crippen LogP contribution in [-0.4, -0.2) is 0 Å². The summed E-state index contributed by atoms with van der Waals surface area (Å²) in [6, 6.07) is 17.6. The minimum absolute atomic E-state index is 1.19. The van der Waals surface area contributed by atoms with Crippen molar-refractivity contribution in [2.24, 2.45) is 0 Å². The molecule has 0 atom stereocenters. The lowest BCUT2D eigenvalue weighted by Gasteiger charge is -2.07. The average molecular weight is 247 g/mol. The lowest BCUT2D eigenvalue weighted by Crippen LogP contribution is -1.89. The monoisotopic (exact) mass is 247 g/mol. The van der Waals surface area contributed by atoms with Crippen molar-refractivity contribution < 1.29 is 0 Å². The zero-order valence-electron chi connectivity index (χ0n) is 11.4. The van der Waals surface area contributed by atoms with Gasteiger partial charge in [-0.2, -0.15) is 0 Å². The number of unbranched alkanes of at least 4 members (excludes halogenated alkanes) is 1. The van der Waals surface area contributed by atoms with Gasteiger partial charge in [-0.25, -0.2) is 0 Å². The van der Waals surface area contributed by atoms with Crippen LogP contribution in [0.2, 0.25) is 0 Å². The quantitative estimate of drug-likeness (QED) is 0.711. The van der Waals surface area contributed by atoms with Gasteiger partial charge < -0.3 is 0 Å². The molecule has 0 bridgehead atoms. The second-order valence-electron chi connectivity index (χ2n) is 5.13. The minimum atomic E-state index is 1.19. The largest absolute Gasteiger partial charge is 0.0676 e. The summed E-state index contributed by atoms with van der Waals surface area (Å²) in [6.07, 6.45) is 8.16. The lowest BCUT2D eigenvalue weighted by atomic mass is 9.97. The standard InChI is InChI=1S/C19H19/c1-2-3-6-15-9-11-17(12-10-15)19-14-13-16-7-4-5-8-18(16)19/h4-5,7-14H,2-3,6H2,1H3. The summed E-state index contributed by atoms with van der Waals surface area (Å²) in [5.41, 5.74) is 6.79. The van der Waals surface area contributed by atoms with E-state index in [1.807, 2.05) is 0 Å². The van der Waals surface area contributed by atoms with E-state index in [0.29, 0.717) is 0 Å². The number of rotatable bonds is 4. The highest BCUT2D eigenvalue weighted by Crippen LogP contribution is 2.33. The molecule has 95 valence electrons. The fourth-order valence-corrected chi connectivity index (χ4v) is 2.63. The van der Waals surface area contributed by atoms with Crippen LogP contribution >= 0.6 is 0 Å². The van der Waals surface area contributed by atoms with Gasteiger partial charge in [0, 0.05) is 6.42 Å². The van der Waals surface area contributed by atoms with Gasteiger partial charge in [0.05, 0.1) is 0 Å². The van der Waals surface area contributed by atoms with E-state index in [2.05, 4.69) is 68.0 Å². The molecule has 3 rings (SSSR count). The van der Waals surface area contributed by atoms with Gasteiger partial charge in [0.15, 0.2) is 0 Å². The predicted molar refractivity (Wildman–Crippen MR) is 82.0 cm³/mol. The number of aryl methyl sites for hydroxylation is 1. The van der Waals surface area contributed by atoms with Crippen LogP contribution in [0, 0.1) is 6.42 Å². The molecule has 0 aliphatic heterocycles. The maximum atomic E-state index is 2.27. The molecule has 2 aromatic rings. The first-order valence-corrected chi connectivity index (χ1v) is 7.12. The molecule has 0 nitrogen and oxygen atoms in total. The maximum absolute atomic E-state index is 2.27. The Bertz CT molecular complexity index is 588. The summed E-state index contributed by atoms with van der Waals surface area (Å²) in [5, 5.41) is 0. The lowest BCUT2D eigenvalue weighted by molar-refractivity contribution is 0.795. The van der Waals surface area contributed by atoms with Gasteiger partial charge >= 0.3 is 0 Å². The van der Waals surface area contributed by atoms with E-state index < -0.39 is 0 Å². The fraction of sp³-hybridized carbons (Fsp3) is 0.211. The molecule has 0 heterocycles. The van der Waals surface area contributed by atoms with Crippen LogP contribution in [0.4, 0.5) is 0 Å². The summed E-state index contributed by atoms with van der Waals surface area (Å²) >= 11 is 0. The first-order valence-electron chi connectivity index (χ1n) is 7.12. The van der Waals surface area contributed by atoms with Crippen molar-refractivity contribution in [1.82, 2.24) is 0 Å². The van der Waals surface area contributed by atoms with Crippen molar-refractivity contribution in [3.05, 3.63) is 83.3 Å². The summed E-state index contributed by atoms with van der Waals surface area (Å²) in [6.45, 7) is 2.24. The predicted octanol–water partition coefficient (Wildman–Crippen LogP) is 5.03. The summed E-state index contributed by atoms with van der Waals surface area (Å²) < 4.78 is 0. The average Bonchev–Trinajstić information content (AvgIpc) is 2.90. The highest BCUT2D eigenvalue weighted by atomic mass is 14.2. The molecular weight excluding hydrogens is 228 g/mol. The van der Waals surface area contributed by atoms with Gasteiger partial charge in [0.1, 0.15) is 0 Å². The van der Waals surface area contributed by atoms with Gasteiger partial charge in [-0.1, -0.05) is 68.0 Å². The first kappa shape index (κ1) is 12.2. The molecule has 0 fully saturated rings. The molecule has 1 aliphatic rings. The molecule has 0 unspecified atom stereocenters. The van der Waals surface area contributed by atoms with E-state index in [1.54, 1.807) is 0 Å². The number of hydrogen-bond donors (Lipinski definition) is 0. The molecule has 0 heteroatoms. The third-order valence-corrected chi connectivity index (χ3v) is 3.76. The van der Waals surface area contributed by atoms with Crippen LogP contribution in [0.1, 0.15) is 42.0 Å². The summed E-state index contributed by atoms with van der Waals surface area (Å²) in [7, 11) is 0. The zero-order valence-corrected chi connectivity index (χ0v) is 11.4. The van der Waals surface area contributed by atoms with E-state index in [1.165, 1.54) is 47.1 Å². The number of benzene rings is 2. The molecule has 0 N–H and O–H groups in total. The Morgan fingerprint density at radius 3 is 2.47 bits per heavy atom. The molecule has 1 aliphatic carbocycles. The molecule has 0 saturated carbocycles. The topological polar surface area (TPSA) is 0 Å². The molecule has 1 radical (unpaired) electrons. The molecular formula is C19H19. The van der Waals surface area contributed by atoms with Crippen molar-refractivity contribution in [3.63, 3.8) is 0 Å².